The average molecular weight is 627 g/mol. The Bertz CT molecular complexity index is 1550. The van der Waals surface area contributed by atoms with Crippen LogP contribution >= 0.6 is 0 Å². The van der Waals surface area contributed by atoms with Crippen molar-refractivity contribution in [3.8, 4) is 40.1 Å². The largest absolute Gasteiger partial charge is 0.508 e. The van der Waals surface area contributed by atoms with Gasteiger partial charge in [0.1, 0.15) is 71.3 Å². The van der Waals surface area contributed by atoms with Crippen LogP contribution in [0.4, 0.5) is 0 Å². The van der Waals surface area contributed by atoms with Crippen molar-refractivity contribution >= 4 is 11.0 Å². The first-order valence-electron chi connectivity index (χ1n) is 13.2. The molecular formula is C27H30O17. The Labute approximate surface area is 246 Å². The monoisotopic (exact) mass is 626 g/mol. The van der Waals surface area contributed by atoms with E-state index < -0.39 is 120 Å². The molecule has 2 aliphatic heterocycles. The van der Waals surface area contributed by atoms with Gasteiger partial charge in [-0.05, 0) is 18.2 Å². The topological polar surface area (TPSA) is 290 Å². The van der Waals surface area contributed by atoms with E-state index >= 15 is 0 Å². The lowest BCUT2D eigenvalue weighted by molar-refractivity contribution is -0.277. The molecule has 5 rings (SSSR count). The summed E-state index contributed by atoms with van der Waals surface area (Å²) in [6.07, 6.45) is -17.5. The third-order valence-electron chi connectivity index (χ3n) is 7.31. The van der Waals surface area contributed by atoms with Crippen LogP contribution in [0, 0.1) is 0 Å². The first kappa shape index (κ1) is 31.7. The van der Waals surface area contributed by atoms with Gasteiger partial charge in [0, 0.05) is 17.7 Å². The molecule has 0 spiro atoms. The van der Waals surface area contributed by atoms with E-state index in [1.807, 2.05) is 0 Å². The fourth-order valence-electron chi connectivity index (χ4n) is 4.88. The van der Waals surface area contributed by atoms with Crippen molar-refractivity contribution in [1.82, 2.24) is 0 Å². The number of rotatable bonds is 7. The molecule has 0 radical (unpaired) electrons. The van der Waals surface area contributed by atoms with Gasteiger partial charge in [-0.15, -0.1) is 0 Å². The molecule has 240 valence electrons. The summed E-state index contributed by atoms with van der Waals surface area (Å²) in [5, 5.41) is 110. The molecule has 0 amide bonds. The summed E-state index contributed by atoms with van der Waals surface area (Å²) in [6.45, 7) is -1.60. The van der Waals surface area contributed by atoms with Gasteiger partial charge < -0.3 is 79.5 Å². The molecule has 2 fully saturated rings. The van der Waals surface area contributed by atoms with E-state index in [4.69, 9.17) is 23.4 Å². The first-order valence-corrected chi connectivity index (χ1v) is 13.2. The predicted molar refractivity (Wildman–Crippen MR) is 142 cm³/mol. The summed E-state index contributed by atoms with van der Waals surface area (Å²) in [5.41, 5.74) is -1.51. The molecule has 44 heavy (non-hydrogen) atoms. The predicted octanol–water partition coefficient (Wildman–Crippen LogP) is -3.07. The highest BCUT2D eigenvalue weighted by atomic mass is 16.7. The highest BCUT2D eigenvalue weighted by Gasteiger charge is 2.46. The summed E-state index contributed by atoms with van der Waals surface area (Å²) in [7, 11) is 0. The zero-order chi connectivity index (χ0) is 32.0. The van der Waals surface area contributed by atoms with Gasteiger partial charge in [-0.25, -0.2) is 0 Å². The van der Waals surface area contributed by atoms with Crippen molar-refractivity contribution in [3.05, 3.63) is 40.6 Å². The molecule has 3 aromatic rings. The van der Waals surface area contributed by atoms with Gasteiger partial charge in [0.2, 0.25) is 23.8 Å². The number of hydrogen-bond acceptors (Lipinski definition) is 17. The summed E-state index contributed by atoms with van der Waals surface area (Å²) in [6, 6.07) is 5.19. The fourth-order valence-corrected chi connectivity index (χ4v) is 4.88. The standard InChI is InChI=1S/C27H30O17/c28-6-14-17(33)20(36)22(38)26(42-14)41-13-5-9(30)4-12-16(13)19(35)25(24(40-12)8-1-2-10(31)11(32)3-8)44-27-23(39)21(37)18(34)15(7-29)43-27/h1-5,14-15,17-18,20-23,26-34,36-39H,6-7H2/t14-,15-,17-,18-,20+,21+,22-,23-,26-,27+/m1/s1. The van der Waals surface area contributed by atoms with Crippen LogP contribution in [0.15, 0.2) is 39.5 Å². The second-order valence-corrected chi connectivity index (χ2v) is 10.2. The number of fused-ring (bicyclic) bond motifs is 1. The number of phenols is 3. The highest BCUT2D eigenvalue weighted by Crippen LogP contribution is 2.40. The first-order chi connectivity index (χ1) is 20.9. The van der Waals surface area contributed by atoms with Crippen LogP contribution in [0.5, 0.6) is 28.7 Å². The summed E-state index contributed by atoms with van der Waals surface area (Å²) < 4.78 is 27.8. The molecule has 2 saturated heterocycles. The van der Waals surface area contributed by atoms with Gasteiger partial charge in [0.15, 0.2) is 17.3 Å². The molecule has 1 aromatic heterocycles. The molecule has 2 aromatic carbocycles. The molecule has 0 saturated carbocycles. The molecular weight excluding hydrogens is 596 g/mol. The molecule has 0 aliphatic carbocycles. The van der Waals surface area contributed by atoms with E-state index in [-0.39, 0.29) is 11.1 Å². The SMILES string of the molecule is O=c1c(O[C@@H]2O[C@H](CO)[C@@H](O)[C@H](O)[C@H]2O)c(-c2ccc(O)c(O)c2)oc2cc(O)cc(O[C@@H]3O[C@H](CO)[C@@H](O)[C@H](O)[C@H]3O)c12. The van der Waals surface area contributed by atoms with Gasteiger partial charge in [0.05, 0.1) is 13.2 Å². The number of aliphatic hydroxyl groups is 8. The molecule has 3 heterocycles. The Morgan fingerprint density at radius 2 is 1.25 bits per heavy atom. The number of aliphatic hydroxyl groups excluding tert-OH is 8. The number of aromatic hydroxyl groups is 3. The quantitative estimate of drug-likeness (QED) is 0.116. The van der Waals surface area contributed by atoms with Crippen LogP contribution in [-0.2, 0) is 9.47 Å². The summed E-state index contributed by atoms with van der Waals surface area (Å²) in [5.74, 6) is -3.37. The van der Waals surface area contributed by atoms with Crippen molar-refractivity contribution < 1.29 is 79.5 Å². The Morgan fingerprint density at radius 3 is 1.80 bits per heavy atom. The van der Waals surface area contributed by atoms with Gasteiger partial charge >= 0.3 is 0 Å². The maximum absolute atomic E-state index is 14.1. The van der Waals surface area contributed by atoms with E-state index in [0.29, 0.717) is 0 Å². The smallest absolute Gasteiger partial charge is 0.239 e. The van der Waals surface area contributed by atoms with Gasteiger partial charge in [-0.3, -0.25) is 4.79 Å². The molecule has 17 heteroatoms. The number of hydrogen-bond donors (Lipinski definition) is 11. The average Bonchev–Trinajstić information content (AvgIpc) is 2.99. The molecule has 11 N–H and O–H groups in total. The Hall–Kier alpha value is -3.75. The lowest BCUT2D eigenvalue weighted by Crippen LogP contribution is -2.60. The normalized spacial score (nSPS) is 32.5. The Morgan fingerprint density at radius 1 is 0.682 bits per heavy atom. The lowest BCUT2D eigenvalue weighted by Gasteiger charge is -2.39. The fraction of sp³-hybridized carbons (Fsp3) is 0.444. The minimum Gasteiger partial charge on any atom is -0.508 e. The van der Waals surface area contributed by atoms with Gasteiger partial charge in [0.25, 0.3) is 0 Å². The van der Waals surface area contributed by atoms with Crippen molar-refractivity contribution in [1.29, 1.82) is 0 Å². The second-order valence-electron chi connectivity index (χ2n) is 10.2. The maximum Gasteiger partial charge on any atom is 0.239 e. The minimum atomic E-state index is -1.96. The summed E-state index contributed by atoms with van der Waals surface area (Å²) in [4.78, 5) is 14.1. The van der Waals surface area contributed by atoms with E-state index in [1.165, 1.54) is 6.07 Å². The van der Waals surface area contributed by atoms with Crippen LogP contribution in [0.3, 0.4) is 0 Å². The Kier molecular flexibility index (Phi) is 8.87. The van der Waals surface area contributed by atoms with Crippen molar-refractivity contribution in [2.24, 2.45) is 0 Å². The van der Waals surface area contributed by atoms with Gasteiger partial charge in [-0.1, -0.05) is 0 Å². The number of ether oxygens (including phenoxy) is 4. The third-order valence-corrected chi connectivity index (χ3v) is 7.31. The van der Waals surface area contributed by atoms with E-state index in [9.17, 15) is 61.0 Å². The van der Waals surface area contributed by atoms with E-state index in [2.05, 4.69) is 0 Å². The van der Waals surface area contributed by atoms with Crippen LogP contribution in [0.2, 0.25) is 0 Å². The zero-order valence-corrected chi connectivity index (χ0v) is 22.4. The van der Waals surface area contributed by atoms with Gasteiger partial charge in [-0.2, -0.15) is 0 Å². The molecule has 0 bridgehead atoms. The van der Waals surface area contributed by atoms with Crippen LogP contribution < -0.4 is 14.9 Å². The minimum absolute atomic E-state index is 0.0707. The van der Waals surface area contributed by atoms with Crippen molar-refractivity contribution in [2.75, 3.05) is 13.2 Å². The molecule has 10 atom stereocenters. The summed E-state index contributed by atoms with van der Waals surface area (Å²) >= 11 is 0. The zero-order valence-electron chi connectivity index (χ0n) is 22.4. The highest BCUT2D eigenvalue weighted by molar-refractivity contribution is 5.88. The number of phenolic OH excluding ortho intramolecular Hbond substituents is 3. The Balaban J connectivity index is 1.66. The second kappa shape index (κ2) is 12.3. The molecule has 17 nitrogen and oxygen atoms in total. The van der Waals surface area contributed by atoms with Crippen molar-refractivity contribution in [3.63, 3.8) is 0 Å². The van der Waals surface area contributed by atoms with Crippen molar-refractivity contribution in [2.45, 2.75) is 61.4 Å². The number of benzene rings is 2. The van der Waals surface area contributed by atoms with Crippen LogP contribution in [0.1, 0.15) is 0 Å². The van der Waals surface area contributed by atoms with Crippen LogP contribution in [0.25, 0.3) is 22.3 Å². The van der Waals surface area contributed by atoms with E-state index in [1.54, 1.807) is 0 Å². The lowest BCUT2D eigenvalue weighted by atomic mass is 9.99. The molecule has 0 unspecified atom stereocenters. The molecule has 2 aliphatic rings. The van der Waals surface area contributed by atoms with E-state index in [0.717, 1.165) is 24.3 Å². The third kappa shape index (κ3) is 5.61. The van der Waals surface area contributed by atoms with Crippen LogP contribution in [-0.4, -0.2) is 131 Å². The maximum atomic E-state index is 14.1.